The van der Waals surface area contributed by atoms with Crippen molar-refractivity contribution in [2.24, 2.45) is 11.8 Å². The molecule has 2 fully saturated rings. The molecule has 0 radical (unpaired) electrons. The van der Waals surface area contributed by atoms with Crippen molar-refractivity contribution < 1.29 is 47.1 Å². The van der Waals surface area contributed by atoms with Gasteiger partial charge in [-0.05, 0) is 54.2 Å². The molecule has 2 N–H and O–H groups in total. The van der Waals surface area contributed by atoms with E-state index in [2.05, 4.69) is 5.32 Å². The van der Waals surface area contributed by atoms with Crippen LogP contribution in [-0.4, -0.2) is 81.9 Å². The fourth-order valence-electron chi connectivity index (χ4n) is 5.65. The lowest BCUT2D eigenvalue weighted by atomic mass is 10.0. The van der Waals surface area contributed by atoms with Gasteiger partial charge in [-0.3, -0.25) is 4.21 Å². The van der Waals surface area contributed by atoms with E-state index in [1.54, 1.807) is 0 Å². The molecule has 12 nitrogen and oxygen atoms in total. The number of carbonyl (C=O) groups is 1. The number of para-hydroxylation sites is 2. The number of alkyl carbamates (subject to hydrolysis) is 1. The molecule has 1 unspecified atom stereocenters. The first-order chi connectivity index (χ1) is 23.2. The molecule has 6 rings (SSSR count). The molecule has 3 aliphatic rings. The zero-order valence-corrected chi connectivity index (χ0v) is 27.9. The van der Waals surface area contributed by atoms with Crippen LogP contribution in [-0.2, 0) is 38.5 Å². The lowest BCUT2D eigenvalue weighted by molar-refractivity contribution is -0.0907. The molecule has 0 saturated carbocycles. The van der Waals surface area contributed by atoms with Crippen LogP contribution in [0.5, 0.6) is 17.2 Å². The maximum atomic E-state index is 12.9. The normalized spacial score (nSPS) is 21.2. The Bertz CT molecular complexity index is 1440. The Morgan fingerprint density at radius 3 is 2.33 bits per heavy atom. The maximum absolute atomic E-state index is 12.9. The number of carbonyl (C=O) groups excluding carboxylic acids is 1. The van der Waals surface area contributed by atoms with E-state index in [4.69, 9.17) is 28.4 Å². The summed E-state index contributed by atoms with van der Waals surface area (Å²) < 4.78 is 57.4. The Hall–Kier alpha value is -3.72. The smallest absolute Gasteiger partial charge is 0.407 e. The second kappa shape index (κ2) is 17.6. The fourth-order valence-corrected chi connectivity index (χ4v) is 6.35. The summed E-state index contributed by atoms with van der Waals surface area (Å²) >= 11 is -2.52. The average molecular weight is 684 g/mol. The third kappa shape index (κ3) is 10.4. The zero-order chi connectivity index (χ0) is 33.9. The summed E-state index contributed by atoms with van der Waals surface area (Å²) in [5.41, 5.74) is 1.89. The SMILES string of the molecule is CC(C)CN(C[C@@H](O)[C@H](Cc1ccc(OCc2ccccc2)cc1)NC(=O)O[C@H]1CO[C@H]2OCC[C@H]21)S(=O)[O-].c1ccc2c(c1)OCO2. The number of aliphatic hydroxyl groups is 1. The van der Waals surface area contributed by atoms with Gasteiger partial charge in [0.05, 0.1) is 31.3 Å². The lowest BCUT2D eigenvalue weighted by Crippen LogP contribution is -2.51. The van der Waals surface area contributed by atoms with Gasteiger partial charge in [0.25, 0.3) is 0 Å². The van der Waals surface area contributed by atoms with E-state index >= 15 is 0 Å². The van der Waals surface area contributed by atoms with E-state index in [-0.39, 0.29) is 44.2 Å². The van der Waals surface area contributed by atoms with Crippen molar-refractivity contribution in [2.75, 3.05) is 33.1 Å². The Morgan fingerprint density at radius 2 is 1.67 bits per heavy atom. The van der Waals surface area contributed by atoms with Gasteiger partial charge in [-0.1, -0.05) is 68.4 Å². The predicted octanol–water partition coefficient (Wildman–Crippen LogP) is 4.19. The molecule has 0 bridgehead atoms. The average Bonchev–Trinajstić information content (AvgIpc) is 3.83. The van der Waals surface area contributed by atoms with E-state index < -0.39 is 35.6 Å². The summed E-state index contributed by atoms with van der Waals surface area (Å²) in [6.07, 6.45) is -1.67. The number of hydrogen-bond donors (Lipinski definition) is 2. The van der Waals surface area contributed by atoms with E-state index in [0.717, 1.165) is 29.0 Å². The molecule has 0 spiro atoms. The van der Waals surface area contributed by atoms with Crippen molar-refractivity contribution in [3.05, 3.63) is 90.0 Å². The van der Waals surface area contributed by atoms with Crippen LogP contribution in [0.2, 0.25) is 0 Å². The molecule has 260 valence electrons. The van der Waals surface area contributed by atoms with Crippen molar-refractivity contribution in [3.8, 4) is 17.2 Å². The summed E-state index contributed by atoms with van der Waals surface area (Å²) in [6, 6.07) is 24.0. The number of aliphatic hydroxyl groups excluding tert-OH is 1. The van der Waals surface area contributed by atoms with Gasteiger partial charge < -0.3 is 43.4 Å². The highest BCUT2D eigenvalue weighted by molar-refractivity contribution is 7.76. The molecule has 1 amide bonds. The fraction of sp³-hybridized carbons (Fsp3) is 0.457. The Kier molecular flexibility index (Phi) is 13.1. The number of fused-ring (bicyclic) bond motifs is 2. The topological polar surface area (TPSA) is 148 Å². The quantitative estimate of drug-likeness (QED) is 0.251. The van der Waals surface area contributed by atoms with Gasteiger partial charge in [-0.15, -0.1) is 0 Å². The number of ether oxygens (including phenoxy) is 6. The van der Waals surface area contributed by atoms with Gasteiger partial charge in [0.15, 0.2) is 17.8 Å². The van der Waals surface area contributed by atoms with Crippen LogP contribution in [0.25, 0.3) is 0 Å². The van der Waals surface area contributed by atoms with Crippen molar-refractivity contribution in [1.29, 1.82) is 0 Å². The molecular formula is C35H43N2O10S-. The number of rotatable bonds is 13. The number of amides is 1. The van der Waals surface area contributed by atoms with Crippen LogP contribution in [0.3, 0.4) is 0 Å². The summed E-state index contributed by atoms with van der Waals surface area (Å²) in [6.45, 7) is 5.47. The molecule has 3 aliphatic heterocycles. The van der Waals surface area contributed by atoms with Crippen LogP contribution < -0.4 is 19.5 Å². The van der Waals surface area contributed by atoms with E-state index in [1.165, 1.54) is 4.31 Å². The first kappa shape index (κ1) is 35.6. The van der Waals surface area contributed by atoms with E-state index in [0.29, 0.717) is 25.8 Å². The number of hydrogen-bond acceptors (Lipinski definition) is 10. The minimum atomic E-state index is -2.52. The second-order valence-electron chi connectivity index (χ2n) is 12.2. The molecule has 13 heteroatoms. The molecule has 3 aromatic carbocycles. The first-order valence-electron chi connectivity index (χ1n) is 16.1. The van der Waals surface area contributed by atoms with E-state index in [1.807, 2.05) is 92.7 Å². The predicted molar refractivity (Wildman–Crippen MR) is 176 cm³/mol. The Labute approximate surface area is 283 Å². The van der Waals surface area contributed by atoms with Gasteiger partial charge in [-0.2, -0.15) is 0 Å². The van der Waals surface area contributed by atoms with Gasteiger partial charge in [0.2, 0.25) is 6.79 Å². The maximum Gasteiger partial charge on any atom is 0.407 e. The van der Waals surface area contributed by atoms with Crippen LogP contribution >= 0.6 is 0 Å². The van der Waals surface area contributed by atoms with Crippen molar-refractivity contribution in [2.45, 2.75) is 57.8 Å². The Morgan fingerprint density at radius 1 is 0.979 bits per heavy atom. The van der Waals surface area contributed by atoms with Gasteiger partial charge in [0, 0.05) is 24.4 Å². The highest BCUT2D eigenvalue weighted by Gasteiger charge is 2.44. The largest absolute Gasteiger partial charge is 0.760 e. The van der Waals surface area contributed by atoms with Gasteiger partial charge in [0.1, 0.15) is 18.5 Å². The first-order valence-corrected chi connectivity index (χ1v) is 17.1. The Balaban J connectivity index is 0.000000427. The highest BCUT2D eigenvalue weighted by Crippen LogP contribution is 2.33. The zero-order valence-electron chi connectivity index (χ0n) is 27.1. The summed E-state index contributed by atoms with van der Waals surface area (Å²) in [7, 11) is 0. The molecular weight excluding hydrogens is 640 g/mol. The number of benzene rings is 3. The standard InChI is InChI=1S/C28H38N2O8S.C7H6O2/c1-19(2)15-30(39(33)34)16-25(31)24(29-28(32)38-26-18-37-27-23(26)12-13-35-27)14-20-8-10-22(11-9-20)36-17-21-6-4-3-5-7-21;1-2-4-7-6(3-1)8-5-9-7/h3-11,19,23-27,31H,12-18H2,1-2H3,(H,29,32)(H,33,34);1-4H,5H2/p-1/t23-,24-,25+,26-,27+;/m0./s1. The van der Waals surface area contributed by atoms with Crippen molar-refractivity contribution in [3.63, 3.8) is 0 Å². The summed E-state index contributed by atoms with van der Waals surface area (Å²) in [5.74, 6) is 2.42. The van der Waals surface area contributed by atoms with Crippen LogP contribution in [0.4, 0.5) is 4.79 Å². The third-order valence-corrected chi connectivity index (χ3v) is 8.81. The molecule has 3 heterocycles. The molecule has 3 aromatic rings. The van der Waals surface area contributed by atoms with Crippen molar-refractivity contribution >= 4 is 17.4 Å². The van der Waals surface area contributed by atoms with Gasteiger partial charge >= 0.3 is 6.09 Å². The summed E-state index contributed by atoms with van der Waals surface area (Å²) in [4.78, 5) is 12.9. The highest BCUT2D eigenvalue weighted by atomic mass is 32.2. The lowest BCUT2D eigenvalue weighted by Gasteiger charge is -2.32. The van der Waals surface area contributed by atoms with Crippen molar-refractivity contribution in [1.82, 2.24) is 9.62 Å². The minimum Gasteiger partial charge on any atom is -0.760 e. The molecule has 6 atom stereocenters. The van der Waals surface area contributed by atoms with Crippen LogP contribution in [0.1, 0.15) is 31.4 Å². The monoisotopic (exact) mass is 683 g/mol. The third-order valence-electron chi connectivity index (χ3n) is 8.09. The van der Waals surface area contributed by atoms with Crippen LogP contribution in [0, 0.1) is 11.8 Å². The summed E-state index contributed by atoms with van der Waals surface area (Å²) in [5, 5.41) is 13.8. The number of nitrogens with one attached hydrogen (secondary N) is 1. The molecule has 0 aliphatic carbocycles. The van der Waals surface area contributed by atoms with Crippen LogP contribution in [0.15, 0.2) is 78.9 Å². The molecule has 2 saturated heterocycles. The minimum absolute atomic E-state index is 0.0213. The molecule has 48 heavy (non-hydrogen) atoms. The van der Waals surface area contributed by atoms with E-state index in [9.17, 15) is 18.7 Å². The van der Waals surface area contributed by atoms with Gasteiger partial charge in [-0.25, -0.2) is 9.10 Å². The molecule has 0 aromatic heterocycles. The number of nitrogens with zero attached hydrogens (tertiary/aromatic N) is 1. The second-order valence-corrected chi connectivity index (χ2v) is 13.2.